The van der Waals surface area contributed by atoms with Gasteiger partial charge in [-0.2, -0.15) is 5.10 Å². The Morgan fingerprint density at radius 1 is 0.903 bits per heavy atom. The van der Waals surface area contributed by atoms with Crippen LogP contribution in [0.4, 0.5) is 0 Å². The van der Waals surface area contributed by atoms with E-state index in [9.17, 15) is 14.4 Å². The van der Waals surface area contributed by atoms with E-state index in [-0.39, 0.29) is 30.1 Å². The maximum Gasteiger partial charge on any atom is 0.290 e. The van der Waals surface area contributed by atoms with Crippen LogP contribution in [0.3, 0.4) is 0 Å². The van der Waals surface area contributed by atoms with Gasteiger partial charge in [0.15, 0.2) is 5.69 Å². The van der Waals surface area contributed by atoms with Crippen molar-refractivity contribution in [3.63, 3.8) is 0 Å². The monoisotopic (exact) mass is 432 g/mol. The number of carbonyl (C=O) groups is 2. The van der Waals surface area contributed by atoms with E-state index >= 15 is 0 Å². The second kappa shape index (κ2) is 9.36. The number of benzene rings is 2. The summed E-state index contributed by atoms with van der Waals surface area (Å²) in [5, 5.41) is 7.08. The highest BCUT2D eigenvalue weighted by Crippen LogP contribution is 2.14. The summed E-state index contributed by atoms with van der Waals surface area (Å²) in [4.78, 5) is 38.9. The molecular weight excluding hydrogens is 412 g/mol. The molecule has 2 aromatic carbocycles. The van der Waals surface area contributed by atoms with Gasteiger partial charge in [-0.15, -0.1) is 11.3 Å². The number of carbonyl (C=O) groups excluding carboxylic acids is 2. The van der Waals surface area contributed by atoms with E-state index in [1.807, 2.05) is 47.8 Å². The first-order chi connectivity index (χ1) is 15.1. The molecule has 0 bridgehead atoms. The van der Waals surface area contributed by atoms with Crippen LogP contribution in [0.15, 0.2) is 76.9 Å². The second-order valence-corrected chi connectivity index (χ2v) is 7.96. The lowest BCUT2D eigenvalue weighted by Gasteiger charge is -2.12. The first-order valence-corrected chi connectivity index (χ1v) is 10.6. The minimum Gasteiger partial charge on any atom is -0.273 e. The molecule has 0 radical (unpaired) electrons. The number of aromatic nitrogens is 2. The van der Waals surface area contributed by atoms with Crippen molar-refractivity contribution >= 4 is 33.9 Å². The summed E-state index contributed by atoms with van der Waals surface area (Å²) in [7, 11) is 0. The summed E-state index contributed by atoms with van der Waals surface area (Å²) in [5.74, 6) is -0.883. The topological polar surface area (TPSA) is 93.1 Å². The Labute approximate surface area is 182 Å². The highest BCUT2D eigenvalue weighted by Gasteiger charge is 2.17. The Balaban J connectivity index is 1.54. The van der Waals surface area contributed by atoms with Crippen LogP contribution < -0.4 is 16.4 Å². The first kappa shape index (κ1) is 20.5. The summed E-state index contributed by atoms with van der Waals surface area (Å²) in [5.41, 5.74) is 5.53. The fourth-order valence-electron chi connectivity index (χ4n) is 3.21. The summed E-state index contributed by atoms with van der Waals surface area (Å²) >= 11 is 1.58. The van der Waals surface area contributed by atoms with Crippen LogP contribution in [-0.4, -0.2) is 21.6 Å². The van der Waals surface area contributed by atoms with Gasteiger partial charge in [-0.3, -0.25) is 25.2 Å². The highest BCUT2D eigenvalue weighted by molar-refractivity contribution is 7.09. The fourth-order valence-corrected chi connectivity index (χ4v) is 3.92. The SMILES string of the molecule is O=C(CCc1cccs1)NNC(=O)c1nn(Cc2ccccc2)c(=O)c2ccccc12. The highest BCUT2D eigenvalue weighted by atomic mass is 32.1. The number of fused-ring (bicyclic) bond motifs is 1. The van der Waals surface area contributed by atoms with E-state index in [0.717, 1.165) is 10.4 Å². The molecule has 2 aromatic heterocycles. The number of hydrazine groups is 1. The number of nitrogens with one attached hydrogen (secondary N) is 2. The van der Waals surface area contributed by atoms with Crippen LogP contribution in [0.5, 0.6) is 0 Å². The van der Waals surface area contributed by atoms with Crippen molar-refractivity contribution < 1.29 is 9.59 Å². The Hall–Kier alpha value is -3.78. The lowest BCUT2D eigenvalue weighted by atomic mass is 10.1. The summed E-state index contributed by atoms with van der Waals surface area (Å²) < 4.78 is 1.27. The average molecular weight is 433 g/mol. The molecule has 4 aromatic rings. The predicted octanol–water partition coefficient (Wildman–Crippen LogP) is 2.90. The summed E-state index contributed by atoms with van der Waals surface area (Å²) in [6.07, 6.45) is 0.852. The van der Waals surface area contributed by atoms with Crippen molar-refractivity contribution in [3.05, 3.63) is 98.6 Å². The molecule has 0 fully saturated rings. The molecule has 7 nitrogen and oxygen atoms in total. The van der Waals surface area contributed by atoms with Gasteiger partial charge in [0.05, 0.1) is 11.9 Å². The number of hydrogen-bond donors (Lipinski definition) is 2. The molecule has 2 N–H and O–H groups in total. The number of hydrogen-bond acceptors (Lipinski definition) is 5. The third-order valence-electron chi connectivity index (χ3n) is 4.75. The van der Waals surface area contributed by atoms with Gasteiger partial charge < -0.3 is 0 Å². The molecule has 0 atom stereocenters. The Morgan fingerprint density at radius 2 is 1.65 bits per heavy atom. The zero-order valence-electron chi connectivity index (χ0n) is 16.6. The molecule has 2 heterocycles. The molecule has 4 rings (SSSR count). The zero-order valence-corrected chi connectivity index (χ0v) is 17.4. The number of aryl methyl sites for hydroxylation is 1. The van der Waals surface area contributed by atoms with Gasteiger partial charge in [-0.05, 0) is 29.5 Å². The van der Waals surface area contributed by atoms with Gasteiger partial charge in [-0.1, -0.05) is 54.6 Å². The van der Waals surface area contributed by atoms with E-state index in [4.69, 9.17) is 0 Å². The molecule has 0 aliphatic heterocycles. The molecule has 0 unspecified atom stereocenters. The van der Waals surface area contributed by atoms with Crippen molar-refractivity contribution in [2.45, 2.75) is 19.4 Å². The van der Waals surface area contributed by atoms with Gasteiger partial charge in [0.25, 0.3) is 11.5 Å². The maximum absolute atomic E-state index is 12.9. The van der Waals surface area contributed by atoms with Crippen LogP contribution in [0, 0.1) is 0 Å². The number of thiophene rings is 1. The van der Waals surface area contributed by atoms with Crippen molar-refractivity contribution in [1.82, 2.24) is 20.6 Å². The van der Waals surface area contributed by atoms with Gasteiger partial charge in [0, 0.05) is 16.7 Å². The van der Waals surface area contributed by atoms with Crippen LogP contribution in [-0.2, 0) is 17.8 Å². The van der Waals surface area contributed by atoms with E-state index in [1.54, 1.807) is 35.6 Å². The summed E-state index contributed by atoms with van der Waals surface area (Å²) in [6, 6.07) is 20.1. The molecule has 0 saturated carbocycles. The number of nitrogens with zero attached hydrogens (tertiary/aromatic N) is 2. The molecular formula is C23H20N4O3S. The maximum atomic E-state index is 12.9. The van der Waals surface area contributed by atoms with Crippen LogP contribution in [0.2, 0.25) is 0 Å². The van der Waals surface area contributed by atoms with Crippen LogP contribution in [0.1, 0.15) is 27.3 Å². The van der Waals surface area contributed by atoms with Crippen LogP contribution >= 0.6 is 11.3 Å². The van der Waals surface area contributed by atoms with Gasteiger partial charge in [0.1, 0.15) is 0 Å². The fraction of sp³-hybridized carbons (Fsp3) is 0.130. The number of amides is 2. The van der Waals surface area contributed by atoms with Gasteiger partial charge in [0.2, 0.25) is 5.91 Å². The molecule has 2 amide bonds. The molecule has 31 heavy (non-hydrogen) atoms. The normalized spacial score (nSPS) is 10.7. The predicted molar refractivity (Wildman–Crippen MR) is 120 cm³/mol. The first-order valence-electron chi connectivity index (χ1n) is 9.77. The van der Waals surface area contributed by atoms with Gasteiger partial charge >= 0.3 is 0 Å². The zero-order chi connectivity index (χ0) is 21.6. The van der Waals surface area contributed by atoms with Gasteiger partial charge in [-0.25, -0.2) is 4.68 Å². The molecule has 0 aliphatic rings. The van der Waals surface area contributed by atoms with Crippen LogP contribution in [0.25, 0.3) is 10.8 Å². The quantitative estimate of drug-likeness (QED) is 0.458. The molecule has 0 aliphatic carbocycles. The van der Waals surface area contributed by atoms with E-state index in [1.165, 1.54) is 4.68 Å². The van der Waals surface area contributed by atoms with Crippen molar-refractivity contribution in [2.75, 3.05) is 0 Å². The largest absolute Gasteiger partial charge is 0.290 e. The van der Waals surface area contributed by atoms with E-state index < -0.39 is 5.91 Å². The van der Waals surface area contributed by atoms with Crippen molar-refractivity contribution in [2.24, 2.45) is 0 Å². The molecule has 0 spiro atoms. The third kappa shape index (κ3) is 4.87. The van der Waals surface area contributed by atoms with E-state index in [0.29, 0.717) is 17.2 Å². The van der Waals surface area contributed by atoms with Crippen molar-refractivity contribution in [1.29, 1.82) is 0 Å². The Bertz CT molecular complexity index is 1270. The molecule has 8 heteroatoms. The Morgan fingerprint density at radius 3 is 2.39 bits per heavy atom. The third-order valence-corrected chi connectivity index (χ3v) is 5.69. The lowest BCUT2D eigenvalue weighted by molar-refractivity contribution is -0.121. The van der Waals surface area contributed by atoms with Crippen molar-refractivity contribution in [3.8, 4) is 0 Å². The molecule has 0 saturated heterocycles. The lowest BCUT2D eigenvalue weighted by Crippen LogP contribution is -2.43. The standard InChI is InChI=1S/C23H20N4O3S/c28-20(13-12-17-9-6-14-31-17)24-25-22(29)21-18-10-4-5-11-19(18)23(30)27(26-21)15-16-7-2-1-3-8-16/h1-11,14H,12-13,15H2,(H,24,28)(H,25,29). The summed E-state index contributed by atoms with van der Waals surface area (Å²) in [6.45, 7) is 0.234. The smallest absolute Gasteiger partial charge is 0.273 e. The second-order valence-electron chi connectivity index (χ2n) is 6.92. The molecule has 156 valence electrons. The Kier molecular flexibility index (Phi) is 6.18. The minimum atomic E-state index is -0.581. The number of rotatable bonds is 6. The minimum absolute atomic E-state index is 0.0738. The van der Waals surface area contributed by atoms with E-state index in [2.05, 4.69) is 16.0 Å². The average Bonchev–Trinajstić information content (AvgIpc) is 3.32.